The SMILES string of the molecule is CC(C)CCOc1cccc(NC(=O)c2ccc(OC(C)C)c(Br)c2)c1. The van der Waals surface area contributed by atoms with Gasteiger partial charge >= 0.3 is 0 Å². The number of hydrogen-bond acceptors (Lipinski definition) is 3. The molecule has 140 valence electrons. The monoisotopic (exact) mass is 419 g/mol. The van der Waals surface area contributed by atoms with Gasteiger partial charge in [-0.05, 0) is 72.4 Å². The third-order valence-electron chi connectivity index (χ3n) is 3.61. The highest BCUT2D eigenvalue weighted by molar-refractivity contribution is 9.10. The predicted octanol–water partition coefficient (Wildman–Crippen LogP) is 5.91. The van der Waals surface area contributed by atoms with Crippen molar-refractivity contribution in [3.63, 3.8) is 0 Å². The molecule has 0 aromatic heterocycles. The van der Waals surface area contributed by atoms with Crippen LogP contribution in [0.25, 0.3) is 0 Å². The van der Waals surface area contributed by atoms with Gasteiger partial charge in [0.1, 0.15) is 11.5 Å². The summed E-state index contributed by atoms with van der Waals surface area (Å²) < 4.78 is 12.2. The minimum Gasteiger partial charge on any atom is -0.494 e. The lowest BCUT2D eigenvalue weighted by Crippen LogP contribution is -2.12. The Morgan fingerprint density at radius 2 is 1.88 bits per heavy atom. The summed E-state index contributed by atoms with van der Waals surface area (Å²) in [7, 11) is 0. The van der Waals surface area contributed by atoms with Crippen molar-refractivity contribution in [1.29, 1.82) is 0 Å². The second kappa shape index (κ2) is 9.62. The number of halogens is 1. The van der Waals surface area contributed by atoms with Crippen LogP contribution < -0.4 is 14.8 Å². The number of rotatable bonds is 8. The number of carbonyl (C=O) groups excluding carboxylic acids is 1. The van der Waals surface area contributed by atoms with Gasteiger partial charge in [-0.1, -0.05) is 19.9 Å². The van der Waals surface area contributed by atoms with Crippen molar-refractivity contribution in [2.75, 3.05) is 11.9 Å². The molecule has 0 bridgehead atoms. The van der Waals surface area contributed by atoms with Crippen molar-refractivity contribution in [2.24, 2.45) is 5.92 Å². The summed E-state index contributed by atoms with van der Waals surface area (Å²) >= 11 is 3.46. The summed E-state index contributed by atoms with van der Waals surface area (Å²) in [5, 5.41) is 2.90. The van der Waals surface area contributed by atoms with Crippen LogP contribution in [0.5, 0.6) is 11.5 Å². The molecule has 0 saturated heterocycles. The molecule has 0 aliphatic heterocycles. The highest BCUT2D eigenvalue weighted by Crippen LogP contribution is 2.27. The summed E-state index contributed by atoms with van der Waals surface area (Å²) in [5.41, 5.74) is 1.26. The molecular formula is C21H26BrNO3. The Morgan fingerprint density at radius 1 is 1.12 bits per heavy atom. The molecule has 2 aromatic rings. The molecule has 0 unspecified atom stereocenters. The first-order valence-electron chi connectivity index (χ1n) is 8.85. The average molecular weight is 420 g/mol. The second-order valence-corrected chi connectivity index (χ2v) is 7.68. The van der Waals surface area contributed by atoms with Gasteiger partial charge in [-0.2, -0.15) is 0 Å². The Morgan fingerprint density at radius 3 is 2.54 bits per heavy atom. The van der Waals surface area contributed by atoms with Gasteiger partial charge in [-0.15, -0.1) is 0 Å². The van der Waals surface area contributed by atoms with Gasteiger partial charge < -0.3 is 14.8 Å². The van der Waals surface area contributed by atoms with E-state index in [4.69, 9.17) is 9.47 Å². The summed E-state index contributed by atoms with van der Waals surface area (Å²) in [6, 6.07) is 12.8. The van der Waals surface area contributed by atoms with E-state index in [9.17, 15) is 4.79 Å². The number of nitrogens with one attached hydrogen (secondary N) is 1. The molecule has 2 aromatic carbocycles. The molecular weight excluding hydrogens is 394 g/mol. The lowest BCUT2D eigenvalue weighted by atomic mass is 10.1. The maximum absolute atomic E-state index is 12.5. The standard InChI is InChI=1S/C21H26BrNO3/c1-14(2)10-11-25-18-7-5-6-17(13-18)23-21(24)16-8-9-20(19(22)12-16)26-15(3)4/h5-9,12-15H,10-11H2,1-4H3,(H,23,24). The van der Waals surface area contributed by atoms with Crippen LogP contribution in [-0.2, 0) is 0 Å². The number of carbonyl (C=O) groups is 1. The predicted molar refractivity (Wildman–Crippen MR) is 109 cm³/mol. The van der Waals surface area contributed by atoms with Gasteiger partial charge in [0, 0.05) is 17.3 Å². The Balaban J connectivity index is 2.02. The molecule has 0 aliphatic rings. The number of hydrogen-bond donors (Lipinski definition) is 1. The van der Waals surface area contributed by atoms with Gasteiger partial charge in [0.05, 0.1) is 17.2 Å². The average Bonchev–Trinajstić information content (AvgIpc) is 2.56. The molecule has 0 saturated carbocycles. The third-order valence-corrected chi connectivity index (χ3v) is 4.23. The van der Waals surface area contributed by atoms with E-state index in [0.717, 1.165) is 22.4 Å². The molecule has 0 spiro atoms. The summed E-state index contributed by atoms with van der Waals surface area (Å²) in [6.07, 6.45) is 1.07. The fourth-order valence-electron chi connectivity index (χ4n) is 2.27. The largest absolute Gasteiger partial charge is 0.494 e. The maximum Gasteiger partial charge on any atom is 0.255 e. The third kappa shape index (κ3) is 6.37. The van der Waals surface area contributed by atoms with E-state index in [1.807, 2.05) is 38.1 Å². The van der Waals surface area contributed by atoms with E-state index in [-0.39, 0.29) is 12.0 Å². The lowest BCUT2D eigenvalue weighted by molar-refractivity contribution is 0.102. The van der Waals surface area contributed by atoms with Crippen LogP contribution in [-0.4, -0.2) is 18.6 Å². The lowest BCUT2D eigenvalue weighted by Gasteiger charge is -2.13. The quantitative estimate of drug-likeness (QED) is 0.577. The molecule has 2 rings (SSSR count). The molecule has 0 atom stereocenters. The van der Waals surface area contributed by atoms with Gasteiger partial charge in [0.2, 0.25) is 0 Å². The Bertz CT molecular complexity index is 744. The van der Waals surface area contributed by atoms with Crippen LogP contribution in [0, 0.1) is 5.92 Å². The van der Waals surface area contributed by atoms with E-state index in [1.54, 1.807) is 18.2 Å². The number of amides is 1. The zero-order chi connectivity index (χ0) is 19.1. The van der Waals surface area contributed by atoms with Crippen molar-refractivity contribution in [2.45, 2.75) is 40.2 Å². The molecule has 1 amide bonds. The van der Waals surface area contributed by atoms with Crippen LogP contribution in [0.2, 0.25) is 0 Å². The summed E-state index contributed by atoms with van der Waals surface area (Å²) in [5.74, 6) is 1.89. The molecule has 1 N–H and O–H groups in total. The highest BCUT2D eigenvalue weighted by Gasteiger charge is 2.11. The van der Waals surface area contributed by atoms with E-state index < -0.39 is 0 Å². The smallest absolute Gasteiger partial charge is 0.255 e. The number of ether oxygens (including phenoxy) is 2. The van der Waals surface area contributed by atoms with Gasteiger partial charge in [0.25, 0.3) is 5.91 Å². The van der Waals surface area contributed by atoms with Crippen LogP contribution in [0.1, 0.15) is 44.5 Å². The van der Waals surface area contributed by atoms with Crippen LogP contribution >= 0.6 is 15.9 Å². The normalized spacial score (nSPS) is 10.9. The molecule has 26 heavy (non-hydrogen) atoms. The van der Waals surface area contributed by atoms with Crippen molar-refractivity contribution in [3.8, 4) is 11.5 Å². The Kier molecular flexibility index (Phi) is 7.51. The minimum atomic E-state index is -0.180. The fraction of sp³-hybridized carbons (Fsp3) is 0.381. The first-order chi connectivity index (χ1) is 12.3. The van der Waals surface area contributed by atoms with Crippen LogP contribution in [0.15, 0.2) is 46.9 Å². The first-order valence-corrected chi connectivity index (χ1v) is 9.65. The molecule has 0 heterocycles. The molecule has 0 radical (unpaired) electrons. The number of benzene rings is 2. The fourth-order valence-corrected chi connectivity index (χ4v) is 2.74. The zero-order valence-corrected chi connectivity index (χ0v) is 17.3. The highest BCUT2D eigenvalue weighted by atomic mass is 79.9. The summed E-state index contributed by atoms with van der Waals surface area (Å²) in [6.45, 7) is 8.91. The van der Waals surface area contributed by atoms with Crippen LogP contribution in [0.3, 0.4) is 0 Å². The van der Waals surface area contributed by atoms with E-state index >= 15 is 0 Å². The summed E-state index contributed by atoms with van der Waals surface area (Å²) in [4.78, 5) is 12.5. The Hall–Kier alpha value is -2.01. The van der Waals surface area contributed by atoms with Crippen LogP contribution in [0.4, 0.5) is 5.69 Å². The van der Waals surface area contributed by atoms with Gasteiger partial charge in [-0.3, -0.25) is 4.79 Å². The molecule has 0 fully saturated rings. The minimum absolute atomic E-state index is 0.0735. The van der Waals surface area contributed by atoms with Crippen molar-refractivity contribution < 1.29 is 14.3 Å². The second-order valence-electron chi connectivity index (χ2n) is 6.82. The van der Waals surface area contributed by atoms with Crippen molar-refractivity contribution in [3.05, 3.63) is 52.5 Å². The first kappa shape index (κ1) is 20.3. The Labute approximate surface area is 164 Å². The topological polar surface area (TPSA) is 47.6 Å². The number of anilines is 1. The maximum atomic E-state index is 12.5. The van der Waals surface area contributed by atoms with Gasteiger partial charge in [0.15, 0.2) is 0 Å². The van der Waals surface area contributed by atoms with Gasteiger partial charge in [-0.25, -0.2) is 0 Å². The zero-order valence-electron chi connectivity index (χ0n) is 15.7. The molecule has 0 aliphatic carbocycles. The molecule has 4 nitrogen and oxygen atoms in total. The van der Waals surface area contributed by atoms with E-state index in [0.29, 0.717) is 23.8 Å². The van der Waals surface area contributed by atoms with E-state index in [1.165, 1.54) is 0 Å². The van der Waals surface area contributed by atoms with Crippen molar-refractivity contribution in [1.82, 2.24) is 0 Å². The molecule has 5 heteroatoms. The van der Waals surface area contributed by atoms with E-state index in [2.05, 4.69) is 35.1 Å². The van der Waals surface area contributed by atoms with Crippen molar-refractivity contribution >= 4 is 27.5 Å².